The Hall–Kier alpha value is -3.81. The minimum atomic E-state index is -2.89. The Morgan fingerprint density at radius 3 is 2.67 bits per heavy atom. The average molecular weight is 641 g/mol. The lowest BCUT2D eigenvalue weighted by molar-refractivity contribution is -0.133. The SMILES string of the molecule is CCc1c(F)ccc2cc(O)cc(-c3ncc4c(N5CCNC(COC(F)F)C5)nc(OCC56CCCN5CCC6)nc4c3F)c12. The van der Waals surface area contributed by atoms with Crippen LogP contribution in [0.25, 0.3) is 32.9 Å². The number of pyridine rings is 1. The van der Waals surface area contributed by atoms with Gasteiger partial charge in [0.1, 0.15) is 35.2 Å². The molecule has 2 aromatic heterocycles. The zero-order valence-electron chi connectivity index (χ0n) is 25.5. The van der Waals surface area contributed by atoms with Crippen molar-refractivity contribution in [2.75, 3.05) is 50.8 Å². The molecule has 0 radical (unpaired) electrons. The van der Waals surface area contributed by atoms with Crippen molar-refractivity contribution in [3.05, 3.63) is 47.7 Å². The number of nitrogens with one attached hydrogen (secondary N) is 1. The van der Waals surface area contributed by atoms with Gasteiger partial charge in [0.05, 0.1) is 17.5 Å². The number of aromatic hydroxyl groups is 1. The topological polar surface area (TPSA) is 95.9 Å². The number of rotatable bonds is 9. The molecule has 0 saturated carbocycles. The van der Waals surface area contributed by atoms with Gasteiger partial charge in [0.2, 0.25) is 0 Å². The number of nitrogens with zero attached hydrogens (tertiary/aromatic N) is 5. The Balaban J connectivity index is 1.34. The molecule has 1 atom stereocenters. The van der Waals surface area contributed by atoms with E-state index in [1.807, 2.05) is 11.8 Å². The first kappa shape index (κ1) is 30.8. The zero-order chi connectivity index (χ0) is 32.0. The van der Waals surface area contributed by atoms with Gasteiger partial charge in [-0.05, 0) is 79.7 Å². The van der Waals surface area contributed by atoms with Crippen LogP contribution in [-0.4, -0.2) is 89.1 Å². The molecule has 46 heavy (non-hydrogen) atoms. The summed E-state index contributed by atoms with van der Waals surface area (Å²) in [6.07, 6.45) is 5.98. The number of halogens is 4. The van der Waals surface area contributed by atoms with Crippen LogP contribution in [0.5, 0.6) is 11.8 Å². The van der Waals surface area contributed by atoms with Gasteiger partial charge in [-0.3, -0.25) is 9.88 Å². The highest BCUT2D eigenvalue weighted by Crippen LogP contribution is 2.41. The first-order valence-electron chi connectivity index (χ1n) is 15.8. The normalized spacial score (nSPS) is 19.9. The molecule has 0 amide bonds. The van der Waals surface area contributed by atoms with Crippen molar-refractivity contribution in [3.8, 4) is 23.0 Å². The van der Waals surface area contributed by atoms with Gasteiger partial charge in [-0.15, -0.1) is 0 Å². The summed E-state index contributed by atoms with van der Waals surface area (Å²) in [5, 5.41) is 15.1. The largest absolute Gasteiger partial charge is 0.508 e. The maximum Gasteiger partial charge on any atom is 0.345 e. The van der Waals surface area contributed by atoms with Crippen molar-refractivity contribution in [1.82, 2.24) is 25.2 Å². The minimum absolute atomic E-state index is 0.00615. The number of fused-ring (bicyclic) bond motifs is 3. The fraction of sp³-hybridized carbons (Fsp3) is 0.485. The fourth-order valence-electron chi connectivity index (χ4n) is 7.53. The molecule has 3 saturated heterocycles. The van der Waals surface area contributed by atoms with E-state index in [9.17, 15) is 18.3 Å². The lowest BCUT2D eigenvalue weighted by atomic mass is 9.94. The van der Waals surface area contributed by atoms with Crippen LogP contribution >= 0.6 is 0 Å². The quantitative estimate of drug-likeness (QED) is 0.233. The zero-order valence-corrected chi connectivity index (χ0v) is 25.5. The van der Waals surface area contributed by atoms with Crippen molar-refractivity contribution >= 4 is 27.5 Å². The molecule has 3 fully saturated rings. The summed E-state index contributed by atoms with van der Waals surface area (Å²) in [5.41, 5.74) is 0.391. The maximum absolute atomic E-state index is 16.8. The molecule has 2 aromatic carbocycles. The number of benzene rings is 2. The van der Waals surface area contributed by atoms with Crippen LogP contribution in [0.2, 0.25) is 0 Å². The summed E-state index contributed by atoms with van der Waals surface area (Å²) in [4.78, 5) is 18.1. The fourth-order valence-corrected chi connectivity index (χ4v) is 7.53. The van der Waals surface area contributed by atoms with Gasteiger partial charge in [-0.25, -0.2) is 8.78 Å². The van der Waals surface area contributed by atoms with Crippen LogP contribution < -0.4 is 15.0 Å². The summed E-state index contributed by atoms with van der Waals surface area (Å²) < 4.78 is 68.2. The number of alkyl halides is 2. The average Bonchev–Trinajstić information content (AvgIpc) is 3.64. The van der Waals surface area contributed by atoms with E-state index in [0.717, 1.165) is 38.8 Å². The van der Waals surface area contributed by atoms with E-state index in [-0.39, 0.29) is 47.2 Å². The van der Waals surface area contributed by atoms with E-state index >= 15 is 4.39 Å². The monoisotopic (exact) mass is 640 g/mol. The first-order valence-corrected chi connectivity index (χ1v) is 15.8. The number of piperazine rings is 1. The second kappa shape index (κ2) is 12.4. The maximum atomic E-state index is 16.8. The number of phenolic OH excluding ortho intramolecular Hbond substituents is 1. The molecule has 9 nitrogen and oxygen atoms in total. The van der Waals surface area contributed by atoms with Gasteiger partial charge in [0.25, 0.3) is 0 Å². The molecule has 5 heterocycles. The number of hydrogen-bond donors (Lipinski definition) is 2. The third-order valence-corrected chi connectivity index (χ3v) is 9.66. The number of aromatic nitrogens is 3. The van der Waals surface area contributed by atoms with Crippen molar-refractivity contribution in [2.45, 2.75) is 57.2 Å². The molecule has 3 aliphatic heterocycles. The predicted octanol–water partition coefficient (Wildman–Crippen LogP) is 5.42. The highest BCUT2D eigenvalue weighted by Gasteiger charge is 2.45. The van der Waals surface area contributed by atoms with Gasteiger partial charge < -0.3 is 24.8 Å². The van der Waals surface area contributed by atoms with Crippen LogP contribution in [0.15, 0.2) is 30.5 Å². The van der Waals surface area contributed by atoms with E-state index in [1.165, 1.54) is 24.4 Å². The summed E-state index contributed by atoms with van der Waals surface area (Å²) in [7, 11) is 0. The second-order valence-electron chi connectivity index (χ2n) is 12.4. The second-order valence-corrected chi connectivity index (χ2v) is 12.4. The lowest BCUT2D eigenvalue weighted by Crippen LogP contribution is -2.53. The van der Waals surface area contributed by atoms with Gasteiger partial charge in [-0.1, -0.05) is 13.0 Å². The Labute approximate surface area is 263 Å². The molecule has 4 aromatic rings. The van der Waals surface area contributed by atoms with Crippen LogP contribution in [0.4, 0.5) is 23.4 Å². The molecule has 0 bridgehead atoms. The van der Waals surface area contributed by atoms with Crippen LogP contribution in [0.1, 0.15) is 38.2 Å². The molecular formula is C33H36F4N6O3. The van der Waals surface area contributed by atoms with E-state index in [2.05, 4.69) is 24.9 Å². The Morgan fingerprint density at radius 2 is 1.91 bits per heavy atom. The first-order chi connectivity index (χ1) is 22.3. The van der Waals surface area contributed by atoms with E-state index in [4.69, 9.17) is 9.72 Å². The van der Waals surface area contributed by atoms with Crippen LogP contribution in [0, 0.1) is 11.6 Å². The molecule has 244 valence electrons. The molecule has 13 heteroatoms. The van der Waals surface area contributed by atoms with Crippen molar-refractivity contribution < 1.29 is 32.1 Å². The highest BCUT2D eigenvalue weighted by atomic mass is 19.3. The summed E-state index contributed by atoms with van der Waals surface area (Å²) in [6, 6.07) is 5.36. The van der Waals surface area contributed by atoms with Crippen LogP contribution in [-0.2, 0) is 11.2 Å². The van der Waals surface area contributed by atoms with E-state index in [1.54, 1.807) is 6.07 Å². The Kier molecular flexibility index (Phi) is 8.32. The predicted molar refractivity (Wildman–Crippen MR) is 165 cm³/mol. The van der Waals surface area contributed by atoms with Crippen molar-refractivity contribution in [1.29, 1.82) is 0 Å². The van der Waals surface area contributed by atoms with Gasteiger partial charge in [0, 0.05) is 37.4 Å². The van der Waals surface area contributed by atoms with Gasteiger partial charge in [-0.2, -0.15) is 18.7 Å². The van der Waals surface area contributed by atoms with E-state index < -0.39 is 24.3 Å². The van der Waals surface area contributed by atoms with Crippen LogP contribution in [0.3, 0.4) is 0 Å². The number of aryl methyl sites for hydroxylation is 1. The summed E-state index contributed by atoms with van der Waals surface area (Å²) in [6.45, 7) is 2.29. The van der Waals surface area contributed by atoms with Crippen molar-refractivity contribution in [3.63, 3.8) is 0 Å². The smallest absolute Gasteiger partial charge is 0.345 e. The summed E-state index contributed by atoms with van der Waals surface area (Å²) >= 11 is 0. The van der Waals surface area contributed by atoms with Gasteiger partial charge in [0.15, 0.2) is 5.82 Å². The minimum Gasteiger partial charge on any atom is -0.508 e. The summed E-state index contributed by atoms with van der Waals surface area (Å²) in [5.74, 6) is -0.937. The molecule has 0 aliphatic carbocycles. The molecule has 2 N–H and O–H groups in total. The third-order valence-electron chi connectivity index (χ3n) is 9.66. The standard InChI is InChI=1S/C33H36F4N6O3/c1-2-22-25(34)6-5-19-13-21(44)14-23(26(19)22)28-27(35)29-24(15-39-28)30(42-12-9-38-20(16-42)17-45-31(36)37)41-32(40-29)46-18-33-7-3-10-43(33)11-4-8-33/h5-6,13-15,20,31,38,44H,2-4,7-12,16-18H2,1H3. The van der Waals surface area contributed by atoms with Crippen molar-refractivity contribution in [2.24, 2.45) is 0 Å². The lowest BCUT2D eigenvalue weighted by Gasteiger charge is -2.35. The number of hydrogen-bond acceptors (Lipinski definition) is 9. The number of anilines is 1. The van der Waals surface area contributed by atoms with Gasteiger partial charge >= 0.3 is 12.6 Å². The third kappa shape index (κ3) is 5.58. The molecular weight excluding hydrogens is 604 g/mol. The molecule has 1 unspecified atom stereocenters. The highest BCUT2D eigenvalue weighted by molar-refractivity contribution is 6.01. The number of ether oxygens (including phenoxy) is 2. The molecule has 0 spiro atoms. The molecule has 3 aliphatic rings. The molecule has 7 rings (SSSR count). The Morgan fingerprint density at radius 1 is 1.11 bits per heavy atom. The Bertz CT molecular complexity index is 1770. The number of phenols is 1. The van der Waals surface area contributed by atoms with E-state index in [0.29, 0.717) is 53.7 Å².